The number of hydrogen-bond acceptors (Lipinski definition) is 1. The van der Waals surface area contributed by atoms with Gasteiger partial charge >= 0.3 is 0 Å². The molecule has 0 fully saturated rings. The van der Waals surface area contributed by atoms with E-state index in [4.69, 9.17) is 0 Å². The van der Waals surface area contributed by atoms with Gasteiger partial charge in [0.1, 0.15) is 0 Å². The zero-order chi connectivity index (χ0) is 12.6. The maximum Gasteiger partial charge on any atom is 0.0824 e. The molecule has 0 atom stereocenters. The topological polar surface area (TPSA) is 17.8 Å². The summed E-state index contributed by atoms with van der Waals surface area (Å²) < 4.78 is 3.06. The Bertz CT molecular complexity index is 541. The van der Waals surface area contributed by atoms with E-state index < -0.39 is 0 Å². The predicted molar refractivity (Wildman–Crippen MR) is 75.2 cm³/mol. The summed E-state index contributed by atoms with van der Waals surface area (Å²) in [4.78, 5) is 0. The largest absolute Gasteiger partial charge is 0.266 e. The molecule has 0 spiro atoms. The smallest absolute Gasteiger partial charge is 0.0824 e. The Morgan fingerprint density at radius 2 is 2.00 bits per heavy atom. The second-order valence-corrected chi connectivity index (χ2v) is 5.49. The molecule has 3 heteroatoms. The molecule has 0 bridgehead atoms. The molecule has 0 radical (unpaired) electrons. The van der Waals surface area contributed by atoms with Crippen LogP contribution in [0.4, 0.5) is 0 Å². The van der Waals surface area contributed by atoms with Crippen LogP contribution in [0, 0.1) is 6.92 Å². The summed E-state index contributed by atoms with van der Waals surface area (Å²) in [6.07, 6.45) is 0. The molecule has 0 saturated heterocycles. The highest BCUT2D eigenvalue weighted by Gasteiger charge is 2.17. The van der Waals surface area contributed by atoms with Crippen LogP contribution in [0.2, 0.25) is 0 Å². The zero-order valence-electron chi connectivity index (χ0n) is 10.7. The van der Waals surface area contributed by atoms with Gasteiger partial charge in [-0.05, 0) is 34.8 Å². The lowest BCUT2D eigenvalue weighted by atomic mass is 10.1. The highest BCUT2D eigenvalue weighted by atomic mass is 79.9. The van der Waals surface area contributed by atoms with E-state index in [9.17, 15) is 0 Å². The van der Waals surface area contributed by atoms with Gasteiger partial charge in [-0.3, -0.25) is 4.68 Å². The van der Waals surface area contributed by atoms with Crippen molar-refractivity contribution in [2.75, 3.05) is 0 Å². The van der Waals surface area contributed by atoms with E-state index in [-0.39, 0.29) is 0 Å². The minimum absolute atomic E-state index is 0.425. The number of rotatable bonds is 2. The summed E-state index contributed by atoms with van der Waals surface area (Å²) in [5.41, 5.74) is 4.74. The fourth-order valence-corrected chi connectivity index (χ4v) is 3.02. The van der Waals surface area contributed by atoms with Crippen LogP contribution in [0.3, 0.4) is 0 Å². The number of halogens is 1. The number of hydrogen-bond donors (Lipinski definition) is 0. The Balaban J connectivity index is 2.60. The molecule has 2 nitrogen and oxygen atoms in total. The monoisotopic (exact) mass is 292 g/mol. The molecule has 90 valence electrons. The Morgan fingerprint density at radius 1 is 1.29 bits per heavy atom. The molecule has 17 heavy (non-hydrogen) atoms. The van der Waals surface area contributed by atoms with E-state index in [0.29, 0.717) is 5.92 Å². The van der Waals surface area contributed by atoms with Crippen molar-refractivity contribution in [1.82, 2.24) is 9.78 Å². The Labute approximate surface area is 111 Å². The molecular formula is C14H17BrN2. The molecule has 0 aliphatic rings. The molecule has 1 heterocycles. The molecule has 0 aliphatic heterocycles. The third-order valence-electron chi connectivity index (χ3n) is 2.85. The van der Waals surface area contributed by atoms with Gasteiger partial charge in [0.2, 0.25) is 0 Å². The number of aromatic nitrogens is 2. The van der Waals surface area contributed by atoms with E-state index >= 15 is 0 Å². The lowest BCUT2D eigenvalue weighted by Crippen LogP contribution is -1.95. The molecule has 0 saturated carbocycles. The molecule has 0 aliphatic carbocycles. The minimum Gasteiger partial charge on any atom is -0.266 e. The van der Waals surface area contributed by atoms with Gasteiger partial charge in [-0.25, -0.2) is 0 Å². The quantitative estimate of drug-likeness (QED) is 0.808. The van der Waals surface area contributed by atoms with Crippen molar-refractivity contribution in [3.05, 3.63) is 40.0 Å². The fraction of sp³-hybridized carbons (Fsp3) is 0.357. The normalized spacial score (nSPS) is 11.2. The first-order valence-corrected chi connectivity index (χ1v) is 6.59. The molecule has 0 unspecified atom stereocenters. The standard InChI is InChI=1S/C14H17BrN2/c1-9(2)13-12(15)14(17(4)16-13)11-7-5-6-10(3)8-11/h5-9H,1-4H3. The van der Waals surface area contributed by atoms with E-state index in [0.717, 1.165) is 15.9 Å². The minimum atomic E-state index is 0.425. The maximum atomic E-state index is 4.59. The average Bonchev–Trinajstić information content (AvgIpc) is 2.54. The Hall–Kier alpha value is -1.09. The first-order chi connectivity index (χ1) is 8.00. The highest BCUT2D eigenvalue weighted by molar-refractivity contribution is 9.10. The SMILES string of the molecule is Cc1cccc(-c2c(Br)c(C(C)C)nn2C)c1. The van der Waals surface area contributed by atoms with Gasteiger partial charge in [0.25, 0.3) is 0 Å². The first kappa shape index (κ1) is 12.4. The number of aryl methyl sites for hydroxylation is 2. The summed E-state index contributed by atoms with van der Waals surface area (Å²) in [5, 5.41) is 4.59. The molecule has 1 aromatic heterocycles. The van der Waals surface area contributed by atoms with Gasteiger partial charge in [0, 0.05) is 12.6 Å². The van der Waals surface area contributed by atoms with Crippen LogP contribution in [-0.2, 0) is 7.05 Å². The third-order valence-corrected chi connectivity index (χ3v) is 3.63. The van der Waals surface area contributed by atoms with E-state index in [1.165, 1.54) is 11.1 Å². The number of benzene rings is 1. The van der Waals surface area contributed by atoms with Crippen molar-refractivity contribution in [2.24, 2.45) is 7.05 Å². The number of nitrogens with zero attached hydrogens (tertiary/aromatic N) is 2. The zero-order valence-corrected chi connectivity index (χ0v) is 12.2. The fourth-order valence-electron chi connectivity index (χ4n) is 1.99. The van der Waals surface area contributed by atoms with Gasteiger partial charge in [-0.2, -0.15) is 5.10 Å². The molecule has 0 amide bonds. The van der Waals surface area contributed by atoms with Crippen LogP contribution in [0.25, 0.3) is 11.3 Å². The molecule has 1 aromatic carbocycles. The van der Waals surface area contributed by atoms with Gasteiger partial charge in [0.05, 0.1) is 15.9 Å². The van der Waals surface area contributed by atoms with Crippen LogP contribution in [0.1, 0.15) is 31.0 Å². The lowest BCUT2D eigenvalue weighted by molar-refractivity contribution is 0.717. The first-order valence-electron chi connectivity index (χ1n) is 5.80. The molecular weight excluding hydrogens is 276 g/mol. The van der Waals surface area contributed by atoms with Gasteiger partial charge in [0.15, 0.2) is 0 Å². The van der Waals surface area contributed by atoms with Gasteiger partial charge in [-0.1, -0.05) is 37.6 Å². The Kier molecular flexibility index (Phi) is 3.38. The van der Waals surface area contributed by atoms with E-state index in [2.05, 4.69) is 66.1 Å². The summed E-state index contributed by atoms with van der Waals surface area (Å²) in [7, 11) is 1.99. The van der Waals surface area contributed by atoms with Crippen molar-refractivity contribution >= 4 is 15.9 Å². The summed E-state index contributed by atoms with van der Waals surface area (Å²) in [6.45, 7) is 6.43. The molecule has 0 N–H and O–H groups in total. The van der Waals surface area contributed by atoms with Crippen molar-refractivity contribution in [3.8, 4) is 11.3 Å². The van der Waals surface area contributed by atoms with Crippen LogP contribution < -0.4 is 0 Å². The van der Waals surface area contributed by atoms with Crippen LogP contribution in [0.5, 0.6) is 0 Å². The van der Waals surface area contributed by atoms with Crippen molar-refractivity contribution in [3.63, 3.8) is 0 Å². The van der Waals surface area contributed by atoms with Crippen LogP contribution in [-0.4, -0.2) is 9.78 Å². The predicted octanol–water partition coefficient (Wildman–Crippen LogP) is 4.28. The molecule has 2 rings (SSSR count). The second-order valence-electron chi connectivity index (χ2n) is 4.70. The molecule has 2 aromatic rings. The summed E-state index contributed by atoms with van der Waals surface area (Å²) >= 11 is 3.68. The van der Waals surface area contributed by atoms with E-state index in [1.54, 1.807) is 0 Å². The van der Waals surface area contributed by atoms with Crippen molar-refractivity contribution in [2.45, 2.75) is 26.7 Å². The summed E-state index contributed by atoms with van der Waals surface area (Å²) in [6, 6.07) is 8.50. The van der Waals surface area contributed by atoms with Crippen LogP contribution >= 0.6 is 15.9 Å². The summed E-state index contributed by atoms with van der Waals surface area (Å²) in [5.74, 6) is 0.425. The van der Waals surface area contributed by atoms with Crippen molar-refractivity contribution in [1.29, 1.82) is 0 Å². The highest BCUT2D eigenvalue weighted by Crippen LogP contribution is 2.34. The van der Waals surface area contributed by atoms with Crippen molar-refractivity contribution < 1.29 is 0 Å². The van der Waals surface area contributed by atoms with Crippen LogP contribution in [0.15, 0.2) is 28.7 Å². The second kappa shape index (κ2) is 4.65. The Morgan fingerprint density at radius 3 is 2.53 bits per heavy atom. The lowest BCUT2D eigenvalue weighted by Gasteiger charge is -2.04. The van der Waals surface area contributed by atoms with Gasteiger partial charge < -0.3 is 0 Å². The van der Waals surface area contributed by atoms with E-state index in [1.807, 2.05) is 11.7 Å². The van der Waals surface area contributed by atoms with Gasteiger partial charge in [-0.15, -0.1) is 0 Å². The third kappa shape index (κ3) is 2.29. The maximum absolute atomic E-state index is 4.59. The average molecular weight is 293 g/mol.